The summed E-state index contributed by atoms with van der Waals surface area (Å²) < 4.78 is 0. The van der Waals surface area contributed by atoms with E-state index in [0.29, 0.717) is 0 Å². The summed E-state index contributed by atoms with van der Waals surface area (Å²) in [5.74, 6) is 0. The molecule has 1 heteroatoms. The van der Waals surface area contributed by atoms with Crippen LogP contribution in [0.3, 0.4) is 0 Å². The number of rotatable bonds is 0. The first-order valence-corrected chi connectivity index (χ1v) is 5.17. The molecule has 1 aliphatic rings. The van der Waals surface area contributed by atoms with Crippen molar-refractivity contribution < 1.29 is 0 Å². The normalized spacial score (nSPS) is 11.9. The fourth-order valence-corrected chi connectivity index (χ4v) is 2.05. The fraction of sp³-hybridized carbons (Fsp3) is 0.143. The van der Waals surface area contributed by atoms with E-state index in [1.807, 2.05) is 0 Å². The summed E-state index contributed by atoms with van der Waals surface area (Å²) in [6, 6.07) is 12.9. The molecular formula is C14H12N. The van der Waals surface area contributed by atoms with E-state index in [-0.39, 0.29) is 0 Å². The third-order valence-corrected chi connectivity index (χ3v) is 2.84. The van der Waals surface area contributed by atoms with Gasteiger partial charge in [-0.25, -0.2) is 5.32 Å². The number of aryl methyl sites for hydroxylation is 2. The average Bonchev–Trinajstić information content (AvgIpc) is 2.53. The molecule has 1 nitrogen and oxygen atoms in total. The van der Waals surface area contributed by atoms with E-state index in [0.717, 1.165) is 11.4 Å². The van der Waals surface area contributed by atoms with Crippen molar-refractivity contribution in [1.82, 2.24) is 5.32 Å². The third-order valence-electron chi connectivity index (χ3n) is 2.84. The Morgan fingerprint density at radius 3 is 1.67 bits per heavy atom. The van der Waals surface area contributed by atoms with Crippen LogP contribution >= 0.6 is 0 Å². The van der Waals surface area contributed by atoms with E-state index in [2.05, 4.69) is 55.6 Å². The van der Waals surface area contributed by atoms with Crippen LogP contribution in [0.5, 0.6) is 0 Å². The Morgan fingerprint density at radius 2 is 1.20 bits per heavy atom. The molecule has 0 amide bonds. The van der Waals surface area contributed by atoms with Crippen LogP contribution in [0, 0.1) is 13.8 Å². The molecule has 2 aromatic carbocycles. The summed E-state index contributed by atoms with van der Waals surface area (Å²) in [7, 11) is 0. The molecule has 3 rings (SSSR count). The van der Waals surface area contributed by atoms with Gasteiger partial charge in [-0.05, 0) is 37.1 Å². The van der Waals surface area contributed by atoms with Crippen LogP contribution in [0.15, 0.2) is 36.4 Å². The summed E-state index contributed by atoms with van der Waals surface area (Å²) in [6.07, 6.45) is 0. The quantitative estimate of drug-likeness (QED) is 0.516. The van der Waals surface area contributed by atoms with Crippen molar-refractivity contribution in [2.75, 3.05) is 0 Å². The highest BCUT2D eigenvalue weighted by Crippen LogP contribution is 2.43. The Bertz CT molecular complexity index is 492. The maximum absolute atomic E-state index is 4.64. The number of hydrogen-bond donors (Lipinski definition) is 0. The van der Waals surface area contributed by atoms with Gasteiger partial charge < -0.3 is 0 Å². The molecule has 0 aliphatic carbocycles. The maximum Gasteiger partial charge on any atom is 0.0718 e. The number of nitrogens with zero attached hydrogens (tertiary/aromatic N) is 1. The van der Waals surface area contributed by atoms with Gasteiger partial charge in [0, 0.05) is 11.1 Å². The van der Waals surface area contributed by atoms with E-state index in [1.54, 1.807) is 0 Å². The summed E-state index contributed by atoms with van der Waals surface area (Å²) >= 11 is 0. The van der Waals surface area contributed by atoms with E-state index in [1.165, 1.54) is 22.3 Å². The van der Waals surface area contributed by atoms with E-state index < -0.39 is 0 Å². The van der Waals surface area contributed by atoms with Gasteiger partial charge in [0.2, 0.25) is 0 Å². The lowest BCUT2D eigenvalue weighted by molar-refractivity contribution is 1.22. The minimum Gasteiger partial charge on any atom is -0.248 e. The van der Waals surface area contributed by atoms with Crippen molar-refractivity contribution in [1.29, 1.82) is 0 Å². The zero-order valence-electron chi connectivity index (χ0n) is 8.91. The molecule has 73 valence electrons. The van der Waals surface area contributed by atoms with Gasteiger partial charge in [0.1, 0.15) is 0 Å². The van der Waals surface area contributed by atoms with E-state index >= 15 is 0 Å². The second-order valence-electron chi connectivity index (χ2n) is 4.15. The van der Waals surface area contributed by atoms with Crippen molar-refractivity contribution in [2.45, 2.75) is 13.8 Å². The molecule has 0 aromatic heterocycles. The monoisotopic (exact) mass is 194 g/mol. The van der Waals surface area contributed by atoms with Gasteiger partial charge >= 0.3 is 0 Å². The molecule has 0 unspecified atom stereocenters. The average molecular weight is 194 g/mol. The van der Waals surface area contributed by atoms with Gasteiger partial charge in [0.15, 0.2) is 0 Å². The van der Waals surface area contributed by atoms with Gasteiger partial charge in [0.25, 0.3) is 0 Å². The summed E-state index contributed by atoms with van der Waals surface area (Å²) in [5.41, 5.74) is 7.27. The predicted molar refractivity (Wildman–Crippen MR) is 62.8 cm³/mol. The lowest BCUT2D eigenvalue weighted by Crippen LogP contribution is -1.82. The first-order valence-electron chi connectivity index (χ1n) is 5.17. The first-order chi connectivity index (χ1) is 7.24. The van der Waals surface area contributed by atoms with Gasteiger partial charge in [-0.1, -0.05) is 24.3 Å². The van der Waals surface area contributed by atoms with Crippen LogP contribution in [0.25, 0.3) is 11.1 Å². The Hall–Kier alpha value is -1.76. The van der Waals surface area contributed by atoms with Gasteiger partial charge in [0.05, 0.1) is 11.4 Å². The SMILES string of the molecule is Cc1ccc2c(c1)[N]c1cc(C)ccc1-2. The molecule has 15 heavy (non-hydrogen) atoms. The largest absolute Gasteiger partial charge is 0.248 e. The predicted octanol–water partition coefficient (Wildman–Crippen LogP) is 3.85. The molecule has 2 aromatic rings. The Kier molecular flexibility index (Phi) is 1.63. The summed E-state index contributed by atoms with van der Waals surface area (Å²) in [6.45, 7) is 4.20. The van der Waals surface area contributed by atoms with Crippen LogP contribution in [0.4, 0.5) is 11.4 Å². The van der Waals surface area contributed by atoms with Crippen LogP contribution in [0.1, 0.15) is 11.1 Å². The minimum absolute atomic E-state index is 1.11. The van der Waals surface area contributed by atoms with Crippen LogP contribution in [0.2, 0.25) is 0 Å². The molecule has 0 N–H and O–H groups in total. The van der Waals surface area contributed by atoms with E-state index in [9.17, 15) is 0 Å². The molecule has 0 spiro atoms. The molecule has 1 radical (unpaired) electrons. The smallest absolute Gasteiger partial charge is 0.0718 e. The third kappa shape index (κ3) is 1.23. The maximum atomic E-state index is 4.64. The summed E-state index contributed by atoms with van der Waals surface area (Å²) in [4.78, 5) is 0. The van der Waals surface area contributed by atoms with Gasteiger partial charge in [-0.15, -0.1) is 0 Å². The zero-order valence-corrected chi connectivity index (χ0v) is 8.91. The minimum atomic E-state index is 1.11. The molecular weight excluding hydrogens is 182 g/mol. The second kappa shape index (κ2) is 2.86. The lowest BCUT2D eigenvalue weighted by atomic mass is 10.0. The molecule has 1 heterocycles. The number of fused-ring (bicyclic) bond motifs is 3. The van der Waals surface area contributed by atoms with Crippen molar-refractivity contribution in [3.05, 3.63) is 47.5 Å². The topological polar surface area (TPSA) is 14.1 Å². The fourth-order valence-electron chi connectivity index (χ4n) is 2.05. The standard InChI is InChI=1S/C14H12N/c1-9-3-5-11-12-6-4-10(2)8-14(12)15-13(11)7-9/h3-8H,1-2H3. The summed E-state index contributed by atoms with van der Waals surface area (Å²) in [5, 5.41) is 4.64. The number of benzene rings is 2. The van der Waals surface area contributed by atoms with Crippen LogP contribution < -0.4 is 5.32 Å². The van der Waals surface area contributed by atoms with Crippen molar-refractivity contribution >= 4 is 11.4 Å². The highest BCUT2D eigenvalue weighted by molar-refractivity contribution is 5.90. The molecule has 0 saturated carbocycles. The van der Waals surface area contributed by atoms with E-state index in [4.69, 9.17) is 0 Å². The molecule has 0 saturated heterocycles. The molecule has 0 bridgehead atoms. The molecule has 0 fully saturated rings. The Balaban J connectivity index is 2.24. The van der Waals surface area contributed by atoms with Gasteiger partial charge in [-0.3, -0.25) is 0 Å². The van der Waals surface area contributed by atoms with Gasteiger partial charge in [-0.2, -0.15) is 0 Å². The van der Waals surface area contributed by atoms with Crippen molar-refractivity contribution in [3.8, 4) is 11.1 Å². The lowest BCUT2D eigenvalue weighted by Gasteiger charge is -1.99. The van der Waals surface area contributed by atoms with Crippen molar-refractivity contribution in [2.24, 2.45) is 0 Å². The molecule has 0 atom stereocenters. The first kappa shape index (κ1) is 8.54. The number of hydrogen-bond acceptors (Lipinski definition) is 0. The van der Waals surface area contributed by atoms with Crippen molar-refractivity contribution in [3.63, 3.8) is 0 Å². The molecule has 1 aliphatic heterocycles. The van der Waals surface area contributed by atoms with Crippen LogP contribution in [-0.4, -0.2) is 0 Å². The van der Waals surface area contributed by atoms with Crippen LogP contribution in [-0.2, 0) is 0 Å². The Labute approximate surface area is 89.8 Å². The second-order valence-corrected chi connectivity index (χ2v) is 4.15. The highest BCUT2D eigenvalue weighted by atomic mass is 14.9. The Morgan fingerprint density at radius 1 is 0.733 bits per heavy atom. The highest BCUT2D eigenvalue weighted by Gasteiger charge is 2.18. The zero-order chi connectivity index (χ0) is 10.4.